The van der Waals surface area contributed by atoms with E-state index in [4.69, 9.17) is 5.11 Å². The van der Waals surface area contributed by atoms with E-state index in [9.17, 15) is 5.11 Å². The van der Waals surface area contributed by atoms with Crippen LogP contribution in [0.3, 0.4) is 0 Å². The molecule has 0 radical (unpaired) electrons. The van der Waals surface area contributed by atoms with Crippen molar-refractivity contribution < 1.29 is 10.2 Å². The standard InChI is InChI=1S/C7H16O.C2H6O/c1-4-7(8,5-2)6-3;1-2-3/h8H,4-6H2,1-3H3;3H,2H2,1H3. The van der Waals surface area contributed by atoms with Crippen LogP contribution < -0.4 is 0 Å². The molecule has 0 atom stereocenters. The topological polar surface area (TPSA) is 40.5 Å². The second-order valence-electron chi connectivity index (χ2n) is 2.60. The molecule has 2 N–H and O–H groups in total. The summed E-state index contributed by atoms with van der Waals surface area (Å²) in [4.78, 5) is 0. The maximum atomic E-state index is 9.44. The van der Waals surface area contributed by atoms with Crippen LogP contribution in [0.15, 0.2) is 0 Å². The summed E-state index contributed by atoms with van der Waals surface area (Å²) < 4.78 is 0. The van der Waals surface area contributed by atoms with Gasteiger partial charge in [0.15, 0.2) is 0 Å². The minimum absolute atomic E-state index is 0.250. The molecule has 0 saturated carbocycles. The minimum atomic E-state index is -0.375. The van der Waals surface area contributed by atoms with Crippen molar-refractivity contribution >= 4 is 0 Å². The zero-order valence-corrected chi connectivity index (χ0v) is 8.22. The van der Waals surface area contributed by atoms with Gasteiger partial charge in [0.2, 0.25) is 0 Å². The van der Waals surface area contributed by atoms with Crippen LogP contribution in [0, 0.1) is 0 Å². The lowest BCUT2D eigenvalue weighted by Crippen LogP contribution is -2.24. The van der Waals surface area contributed by atoms with Gasteiger partial charge in [0.1, 0.15) is 0 Å². The molecule has 0 amide bonds. The highest BCUT2D eigenvalue weighted by Gasteiger charge is 2.17. The zero-order chi connectivity index (χ0) is 9.33. The first kappa shape index (κ1) is 13.5. The van der Waals surface area contributed by atoms with Crippen LogP contribution in [0.25, 0.3) is 0 Å². The van der Waals surface area contributed by atoms with Gasteiger partial charge in [0.05, 0.1) is 5.60 Å². The molecule has 0 saturated heterocycles. The fraction of sp³-hybridized carbons (Fsp3) is 1.00. The van der Waals surface area contributed by atoms with E-state index in [0.29, 0.717) is 0 Å². The molecule has 0 heterocycles. The van der Waals surface area contributed by atoms with E-state index in [1.165, 1.54) is 0 Å². The van der Waals surface area contributed by atoms with Gasteiger partial charge in [-0.3, -0.25) is 0 Å². The average molecular weight is 162 g/mol. The highest BCUT2D eigenvalue weighted by molar-refractivity contribution is 4.71. The monoisotopic (exact) mass is 162 g/mol. The lowest BCUT2D eigenvalue weighted by atomic mass is 9.95. The molecular weight excluding hydrogens is 140 g/mol. The predicted molar refractivity (Wildman–Crippen MR) is 48.6 cm³/mol. The van der Waals surface area contributed by atoms with Crippen LogP contribution in [0.1, 0.15) is 47.0 Å². The lowest BCUT2D eigenvalue weighted by molar-refractivity contribution is 0.0285. The summed E-state index contributed by atoms with van der Waals surface area (Å²) >= 11 is 0. The van der Waals surface area contributed by atoms with Crippen LogP contribution >= 0.6 is 0 Å². The van der Waals surface area contributed by atoms with Gasteiger partial charge in [0.25, 0.3) is 0 Å². The predicted octanol–water partition coefficient (Wildman–Crippen LogP) is 1.95. The number of hydrogen-bond acceptors (Lipinski definition) is 2. The Morgan fingerprint density at radius 3 is 1.09 bits per heavy atom. The molecule has 0 unspecified atom stereocenters. The summed E-state index contributed by atoms with van der Waals surface area (Å²) in [5.74, 6) is 0. The van der Waals surface area contributed by atoms with Crippen molar-refractivity contribution in [3.05, 3.63) is 0 Å². The van der Waals surface area contributed by atoms with Gasteiger partial charge in [-0.15, -0.1) is 0 Å². The van der Waals surface area contributed by atoms with Crippen LogP contribution in [-0.2, 0) is 0 Å². The number of hydrogen-bond donors (Lipinski definition) is 2. The van der Waals surface area contributed by atoms with Crippen molar-refractivity contribution in [3.8, 4) is 0 Å². The molecule has 0 spiro atoms. The highest BCUT2D eigenvalue weighted by Crippen LogP contribution is 2.17. The number of aliphatic hydroxyl groups excluding tert-OH is 1. The fourth-order valence-corrected chi connectivity index (χ4v) is 0.750. The molecule has 0 aliphatic heterocycles. The van der Waals surface area contributed by atoms with Crippen molar-refractivity contribution in [1.29, 1.82) is 0 Å². The Hall–Kier alpha value is -0.0800. The van der Waals surface area contributed by atoms with Crippen LogP contribution in [0.4, 0.5) is 0 Å². The summed E-state index contributed by atoms with van der Waals surface area (Å²) in [7, 11) is 0. The summed E-state index contributed by atoms with van der Waals surface area (Å²) in [5, 5.41) is 17.0. The van der Waals surface area contributed by atoms with Crippen molar-refractivity contribution in [1.82, 2.24) is 0 Å². The minimum Gasteiger partial charge on any atom is -0.397 e. The molecule has 0 aromatic carbocycles. The van der Waals surface area contributed by atoms with E-state index < -0.39 is 0 Å². The van der Waals surface area contributed by atoms with Crippen molar-refractivity contribution in [2.75, 3.05) is 6.61 Å². The third kappa shape index (κ3) is 7.82. The van der Waals surface area contributed by atoms with E-state index in [-0.39, 0.29) is 12.2 Å². The Balaban J connectivity index is 0. The van der Waals surface area contributed by atoms with Crippen molar-refractivity contribution in [2.45, 2.75) is 52.6 Å². The smallest absolute Gasteiger partial charge is 0.0640 e. The van der Waals surface area contributed by atoms with E-state index in [1.807, 2.05) is 20.8 Å². The molecule has 0 rings (SSSR count). The van der Waals surface area contributed by atoms with Gasteiger partial charge < -0.3 is 10.2 Å². The van der Waals surface area contributed by atoms with E-state index in [0.717, 1.165) is 19.3 Å². The van der Waals surface area contributed by atoms with E-state index in [2.05, 4.69) is 0 Å². The molecule has 0 fully saturated rings. The molecule has 0 aromatic rings. The summed E-state index contributed by atoms with van der Waals surface area (Å²) in [6, 6.07) is 0. The Morgan fingerprint density at radius 1 is 0.909 bits per heavy atom. The van der Waals surface area contributed by atoms with Gasteiger partial charge in [-0.2, -0.15) is 0 Å². The molecule has 2 nitrogen and oxygen atoms in total. The average Bonchev–Trinajstić information content (AvgIpc) is 2.05. The quantitative estimate of drug-likeness (QED) is 0.666. The third-order valence-electron chi connectivity index (χ3n) is 1.97. The third-order valence-corrected chi connectivity index (χ3v) is 1.97. The Morgan fingerprint density at radius 2 is 1.09 bits per heavy atom. The first-order chi connectivity index (χ1) is 5.10. The van der Waals surface area contributed by atoms with Crippen LogP contribution in [-0.4, -0.2) is 22.4 Å². The molecular formula is C9H22O2. The molecule has 70 valence electrons. The van der Waals surface area contributed by atoms with Gasteiger partial charge >= 0.3 is 0 Å². The largest absolute Gasteiger partial charge is 0.397 e. The number of rotatable bonds is 3. The highest BCUT2D eigenvalue weighted by atomic mass is 16.3. The first-order valence-corrected chi connectivity index (χ1v) is 4.43. The van der Waals surface area contributed by atoms with Gasteiger partial charge in [-0.25, -0.2) is 0 Å². The zero-order valence-electron chi connectivity index (χ0n) is 8.22. The Labute approximate surface area is 70.3 Å². The Kier molecular flexibility index (Phi) is 9.85. The summed E-state index contributed by atoms with van der Waals surface area (Å²) in [6.45, 7) is 7.99. The second-order valence-corrected chi connectivity index (χ2v) is 2.60. The summed E-state index contributed by atoms with van der Waals surface area (Å²) in [5.41, 5.74) is -0.375. The SMILES string of the molecule is CCC(O)(CC)CC.CCO. The van der Waals surface area contributed by atoms with Crippen LogP contribution in [0.5, 0.6) is 0 Å². The Bertz CT molecular complexity index is 59.7. The van der Waals surface area contributed by atoms with E-state index >= 15 is 0 Å². The maximum absolute atomic E-state index is 9.44. The van der Waals surface area contributed by atoms with Gasteiger partial charge in [0, 0.05) is 6.61 Å². The normalized spacial score (nSPS) is 10.4. The van der Waals surface area contributed by atoms with Gasteiger partial charge in [-0.05, 0) is 26.2 Å². The van der Waals surface area contributed by atoms with E-state index in [1.54, 1.807) is 6.92 Å². The number of aliphatic hydroxyl groups is 2. The molecule has 2 heteroatoms. The first-order valence-electron chi connectivity index (χ1n) is 4.43. The molecule has 0 aliphatic carbocycles. The van der Waals surface area contributed by atoms with Crippen molar-refractivity contribution in [3.63, 3.8) is 0 Å². The summed E-state index contributed by atoms with van der Waals surface area (Å²) in [6.07, 6.45) is 2.62. The molecule has 11 heavy (non-hydrogen) atoms. The second kappa shape index (κ2) is 8.02. The fourth-order valence-electron chi connectivity index (χ4n) is 0.750. The van der Waals surface area contributed by atoms with Crippen LogP contribution in [0.2, 0.25) is 0 Å². The molecule has 0 bridgehead atoms. The molecule has 0 aromatic heterocycles. The maximum Gasteiger partial charge on any atom is 0.0640 e. The lowest BCUT2D eigenvalue weighted by Gasteiger charge is -2.22. The van der Waals surface area contributed by atoms with Gasteiger partial charge in [-0.1, -0.05) is 20.8 Å². The molecule has 0 aliphatic rings. The van der Waals surface area contributed by atoms with Crippen molar-refractivity contribution in [2.24, 2.45) is 0 Å².